The molecule has 0 saturated carbocycles. The highest BCUT2D eigenvalue weighted by atomic mass is 35.5. The van der Waals surface area contributed by atoms with Gasteiger partial charge in [0.15, 0.2) is 5.78 Å². The molecule has 1 aromatic carbocycles. The van der Waals surface area contributed by atoms with Crippen molar-refractivity contribution in [1.29, 1.82) is 0 Å². The van der Waals surface area contributed by atoms with Crippen molar-refractivity contribution in [1.82, 2.24) is 0 Å². The fraction of sp³-hybridized carbons (Fsp3) is 0.235. The molecule has 3 nitrogen and oxygen atoms in total. The van der Waals surface area contributed by atoms with Crippen LogP contribution in [0.1, 0.15) is 31.1 Å². The first-order valence-electron chi connectivity index (χ1n) is 6.72. The van der Waals surface area contributed by atoms with Crippen molar-refractivity contribution in [2.45, 2.75) is 20.8 Å². The summed E-state index contributed by atoms with van der Waals surface area (Å²) in [5.74, 6) is -0.342. The standard InChI is InChI=1S/C17H16ClNO2/c1-10(2)13-9-15(11(3)8-16(13)20)19-17(21)12-6-4-5-7-14(12)18/h4-10H,1-3H3. The molecule has 0 bridgehead atoms. The van der Waals surface area contributed by atoms with E-state index in [1.54, 1.807) is 37.3 Å². The van der Waals surface area contributed by atoms with Crippen molar-refractivity contribution in [3.63, 3.8) is 0 Å². The second kappa shape index (κ2) is 6.19. The highest BCUT2D eigenvalue weighted by molar-refractivity contribution is 6.34. The van der Waals surface area contributed by atoms with Gasteiger partial charge in [0.2, 0.25) is 0 Å². The van der Waals surface area contributed by atoms with Gasteiger partial charge in [-0.1, -0.05) is 37.6 Å². The Morgan fingerprint density at radius 1 is 1.19 bits per heavy atom. The summed E-state index contributed by atoms with van der Waals surface area (Å²) in [4.78, 5) is 28.2. The van der Waals surface area contributed by atoms with Crippen LogP contribution in [-0.2, 0) is 4.79 Å². The molecule has 0 spiro atoms. The van der Waals surface area contributed by atoms with Gasteiger partial charge in [0, 0.05) is 5.57 Å². The number of aliphatic imine (C=N–C) groups is 1. The van der Waals surface area contributed by atoms with Crippen LogP contribution in [0.4, 0.5) is 0 Å². The number of ketones is 1. The van der Waals surface area contributed by atoms with Gasteiger partial charge in [-0.25, -0.2) is 4.99 Å². The van der Waals surface area contributed by atoms with E-state index in [-0.39, 0.29) is 11.7 Å². The third kappa shape index (κ3) is 3.37. The van der Waals surface area contributed by atoms with Crippen molar-refractivity contribution in [2.75, 3.05) is 0 Å². The summed E-state index contributed by atoms with van der Waals surface area (Å²) >= 11 is 6.00. The van der Waals surface area contributed by atoms with Gasteiger partial charge in [-0.3, -0.25) is 9.59 Å². The fourth-order valence-electron chi connectivity index (χ4n) is 2.06. The van der Waals surface area contributed by atoms with Crippen LogP contribution >= 0.6 is 11.6 Å². The van der Waals surface area contributed by atoms with Crippen LogP contribution in [0.15, 0.2) is 52.6 Å². The summed E-state index contributed by atoms with van der Waals surface area (Å²) in [6, 6.07) is 6.78. The molecule has 1 aromatic rings. The van der Waals surface area contributed by atoms with Gasteiger partial charge in [-0.2, -0.15) is 0 Å². The number of halogens is 1. The zero-order chi connectivity index (χ0) is 15.6. The molecule has 4 heteroatoms. The van der Waals surface area contributed by atoms with Crippen molar-refractivity contribution in [2.24, 2.45) is 10.9 Å². The van der Waals surface area contributed by atoms with E-state index in [1.807, 2.05) is 13.8 Å². The minimum Gasteiger partial charge on any atom is -0.290 e. The van der Waals surface area contributed by atoms with Gasteiger partial charge in [-0.15, -0.1) is 0 Å². The Labute approximate surface area is 129 Å². The smallest absolute Gasteiger partial charge is 0.279 e. The molecule has 0 aromatic heterocycles. The molecule has 0 fully saturated rings. The van der Waals surface area contributed by atoms with E-state index >= 15 is 0 Å². The normalized spacial score (nSPS) is 17.0. The molecule has 108 valence electrons. The van der Waals surface area contributed by atoms with Crippen LogP contribution in [0, 0.1) is 5.92 Å². The van der Waals surface area contributed by atoms with Crippen LogP contribution in [0.5, 0.6) is 0 Å². The number of benzene rings is 1. The van der Waals surface area contributed by atoms with Gasteiger partial charge in [0.1, 0.15) is 0 Å². The molecule has 1 aliphatic rings. The van der Waals surface area contributed by atoms with E-state index < -0.39 is 5.91 Å². The predicted molar refractivity (Wildman–Crippen MR) is 84.9 cm³/mol. The molecule has 21 heavy (non-hydrogen) atoms. The van der Waals surface area contributed by atoms with Crippen LogP contribution in [0.25, 0.3) is 0 Å². The number of allylic oxidation sites excluding steroid dienone is 4. The number of hydrogen-bond acceptors (Lipinski definition) is 2. The summed E-state index contributed by atoms with van der Waals surface area (Å²) in [6.45, 7) is 5.64. The number of nitrogens with zero attached hydrogens (tertiary/aromatic N) is 1. The van der Waals surface area contributed by atoms with E-state index in [9.17, 15) is 9.59 Å². The highest BCUT2D eigenvalue weighted by Gasteiger charge is 2.20. The van der Waals surface area contributed by atoms with E-state index in [0.717, 1.165) is 0 Å². The SMILES string of the molecule is CC1=CC(=O)C(C(C)C)=CC1=NC(=O)c1ccccc1Cl. The van der Waals surface area contributed by atoms with Gasteiger partial charge in [-0.05, 0) is 42.7 Å². The quantitative estimate of drug-likeness (QED) is 0.774. The Morgan fingerprint density at radius 3 is 2.48 bits per heavy atom. The lowest BCUT2D eigenvalue weighted by atomic mass is 9.90. The molecule has 1 aliphatic carbocycles. The van der Waals surface area contributed by atoms with Gasteiger partial charge >= 0.3 is 0 Å². The van der Waals surface area contributed by atoms with Crippen molar-refractivity contribution in [3.05, 3.63) is 58.1 Å². The van der Waals surface area contributed by atoms with E-state index in [1.165, 1.54) is 6.08 Å². The largest absolute Gasteiger partial charge is 0.290 e. The zero-order valence-electron chi connectivity index (χ0n) is 12.2. The number of carbonyl (C=O) groups is 2. The summed E-state index contributed by atoms with van der Waals surface area (Å²) in [5.41, 5.74) is 2.22. The Kier molecular flexibility index (Phi) is 4.53. The number of carbonyl (C=O) groups excluding carboxylic acids is 2. The summed E-state index contributed by atoms with van der Waals surface area (Å²) in [5, 5.41) is 0.369. The second-order valence-corrected chi connectivity index (χ2v) is 5.64. The molecule has 0 aliphatic heterocycles. The van der Waals surface area contributed by atoms with E-state index in [2.05, 4.69) is 4.99 Å². The molecule has 1 amide bonds. The van der Waals surface area contributed by atoms with Crippen molar-refractivity contribution < 1.29 is 9.59 Å². The number of amides is 1. The molecule has 0 unspecified atom stereocenters. The fourth-order valence-corrected chi connectivity index (χ4v) is 2.28. The molecule has 0 saturated heterocycles. The molecule has 0 atom stereocenters. The second-order valence-electron chi connectivity index (χ2n) is 5.23. The van der Waals surface area contributed by atoms with E-state index in [0.29, 0.717) is 27.4 Å². The van der Waals surface area contributed by atoms with Gasteiger partial charge in [0.05, 0.1) is 16.3 Å². The Balaban J connectivity index is 2.40. The molecule has 2 rings (SSSR count). The first kappa shape index (κ1) is 15.4. The molecule has 0 N–H and O–H groups in total. The summed E-state index contributed by atoms with van der Waals surface area (Å²) < 4.78 is 0. The van der Waals surface area contributed by atoms with Crippen molar-refractivity contribution in [3.8, 4) is 0 Å². The Bertz CT molecular complexity index is 696. The Hall–Kier alpha value is -2.00. The maximum atomic E-state index is 12.2. The maximum Gasteiger partial charge on any atom is 0.279 e. The molecule has 0 radical (unpaired) electrons. The number of rotatable bonds is 2. The topological polar surface area (TPSA) is 46.5 Å². The average molecular weight is 302 g/mol. The minimum atomic E-state index is -0.406. The average Bonchev–Trinajstić information content (AvgIpc) is 2.41. The molecular weight excluding hydrogens is 286 g/mol. The van der Waals surface area contributed by atoms with E-state index in [4.69, 9.17) is 11.6 Å². The van der Waals surface area contributed by atoms with Crippen LogP contribution < -0.4 is 0 Å². The highest BCUT2D eigenvalue weighted by Crippen LogP contribution is 2.21. The maximum absolute atomic E-state index is 12.2. The number of hydrogen-bond donors (Lipinski definition) is 0. The lowest BCUT2D eigenvalue weighted by Gasteiger charge is -2.15. The molecular formula is C17H16ClNO2. The lowest BCUT2D eigenvalue weighted by Crippen LogP contribution is -2.16. The van der Waals surface area contributed by atoms with Gasteiger partial charge in [0.25, 0.3) is 5.91 Å². The predicted octanol–water partition coefficient (Wildman–Crippen LogP) is 4.03. The monoisotopic (exact) mass is 301 g/mol. The Morgan fingerprint density at radius 2 is 1.86 bits per heavy atom. The van der Waals surface area contributed by atoms with Gasteiger partial charge < -0.3 is 0 Å². The molecule has 0 heterocycles. The zero-order valence-corrected chi connectivity index (χ0v) is 12.9. The van der Waals surface area contributed by atoms with Crippen LogP contribution in [0.2, 0.25) is 5.02 Å². The third-order valence-corrected chi connectivity index (χ3v) is 3.61. The van der Waals surface area contributed by atoms with Crippen molar-refractivity contribution >= 4 is 29.0 Å². The van der Waals surface area contributed by atoms with Crippen LogP contribution in [0.3, 0.4) is 0 Å². The third-order valence-electron chi connectivity index (χ3n) is 3.28. The minimum absolute atomic E-state index is 0.0216. The first-order valence-corrected chi connectivity index (χ1v) is 7.10. The lowest BCUT2D eigenvalue weighted by molar-refractivity contribution is -0.111. The summed E-state index contributed by atoms with van der Waals surface area (Å²) in [7, 11) is 0. The van der Waals surface area contributed by atoms with Crippen LogP contribution in [-0.4, -0.2) is 17.4 Å². The summed E-state index contributed by atoms with van der Waals surface area (Å²) in [6.07, 6.45) is 3.21. The first-order chi connectivity index (χ1) is 9.90.